The summed E-state index contributed by atoms with van der Waals surface area (Å²) in [7, 11) is 0. The highest BCUT2D eigenvalue weighted by Gasteiger charge is 2.74. The maximum atomic E-state index is 14.0. The number of amides is 2. The Labute approximate surface area is 202 Å². The standard InChI is InChI=1S/C26H15FN2O7/c27-17-11-10-14(12-18(17)29(34)35)28-24(32)19-20(25(28)33)26(36-21(19)13-6-2-1-3-7-13)22(30)15-8-4-5-9-16(15)23(26)31/h1-12,19-21H/t19-,20-,21+/m1/s1. The summed E-state index contributed by atoms with van der Waals surface area (Å²) < 4.78 is 20.1. The molecule has 10 heteroatoms. The molecule has 178 valence electrons. The van der Waals surface area contributed by atoms with Crippen LogP contribution >= 0.6 is 0 Å². The van der Waals surface area contributed by atoms with Gasteiger partial charge < -0.3 is 4.74 Å². The molecule has 1 aliphatic carbocycles. The number of nitro groups is 1. The topological polar surface area (TPSA) is 124 Å². The highest BCUT2D eigenvalue weighted by atomic mass is 19.1. The third kappa shape index (κ3) is 2.67. The molecule has 0 aromatic heterocycles. The molecule has 9 nitrogen and oxygen atoms in total. The molecule has 0 radical (unpaired) electrons. The van der Waals surface area contributed by atoms with Crippen LogP contribution in [-0.4, -0.2) is 33.9 Å². The van der Waals surface area contributed by atoms with E-state index in [1.807, 2.05) is 0 Å². The lowest BCUT2D eigenvalue weighted by Crippen LogP contribution is -2.51. The largest absolute Gasteiger partial charge is 0.349 e. The van der Waals surface area contributed by atoms with Gasteiger partial charge in [-0.1, -0.05) is 54.6 Å². The predicted octanol–water partition coefficient (Wildman–Crippen LogP) is 3.43. The number of fused-ring (bicyclic) bond motifs is 3. The van der Waals surface area contributed by atoms with Crippen molar-refractivity contribution in [3.05, 3.63) is 105 Å². The Bertz CT molecular complexity index is 1480. The lowest BCUT2D eigenvalue weighted by molar-refractivity contribution is -0.387. The number of ether oxygens (including phenoxy) is 1. The van der Waals surface area contributed by atoms with Crippen LogP contribution in [0.1, 0.15) is 32.4 Å². The summed E-state index contributed by atoms with van der Waals surface area (Å²) in [5.74, 6) is -7.05. The van der Waals surface area contributed by atoms with Crippen molar-refractivity contribution in [2.24, 2.45) is 11.8 Å². The van der Waals surface area contributed by atoms with Gasteiger partial charge in [0.2, 0.25) is 34.8 Å². The van der Waals surface area contributed by atoms with E-state index in [4.69, 9.17) is 4.74 Å². The number of nitro benzene ring substituents is 1. The van der Waals surface area contributed by atoms with Crippen LogP contribution in [0.25, 0.3) is 0 Å². The van der Waals surface area contributed by atoms with Crippen molar-refractivity contribution >= 4 is 34.8 Å². The molecule has 0 bridgehead atoms. The quantitative estimate of drug-likeness (QED) is 0.240. The fourth-order valence-electron chi connectivity index (χ4n) is 5.50. The van der Waals surface area contributed by atoms with E-state index in [0.717, 1.165) is 18.2 Å². The zero-order chi connectivity index (χ0) is 25.4. The van der Waals surface area contributed by atoms with E-state index >= 15 is 0 Å². The second-order valence-electron chi connectivity index (χ2n) is 8.80. The first kappa shape index (κ1) is 21.9. The Morgan fingerprint density at radius 2 is 1.47 bits per heavy atom. The minimum atomic E-state index is -2.26. The first-order chi connectivity index (χ1) is 17.3. The predicted molar refractivity (Wildman–Crippen MR) is 121 cm³/mol. The van der Waals surface area contributed by atoms with Gasteiger partial charge in [-0.15, -0.1) is 0 Å². The average Bonchev–Trinajstić information content (AvgIpc) is 3.45. The summed E-state index contributed by atoms with van der Waals surface area (Å²) in [6, 6.07) is 17.1. The van der Waals surface area contributed by atoms with Crippen LogP contribution in [0.15, 0.2) is 72.8 Å². The maximum absolute atomic E-state index is 14.0. The number of halogens is 1. The van der Waals surface area contributed by atoms with Crippen LogP contribution in [-0.2, 0) is 14.3 Å². The second kappa shape index (κ2) is 7.46. The van der Waals surface area contributed by atoms with E-state index in [-0.39, 0.29) is 16.8 Å². The maximum Gasteiger partial charge on any atom is 0.306 e. The molecule has 3 aliphatic rings. The third-order valence-electron chi connectivity index (χ3n) is 7.03. The molecule has 2 amide bonds. The van der Waals surface area contributed by atoms with E-state index in [9.17, 15) is 33.7 Å². The Morgan fingerprint density at radius 3 is 2.08 bits per heavy atom. The second-order valence-corrected chi connectivity index (χ2v) is 8.80. The fraction of sp³-hybridized carbons (Fsp3) is 0.154. The van der Waals surface area contributed by atoms with E-state index < -0.39 is 63.3 Å². The zero-order valence-electron chi connectivity index (χ0n) is 18.3. The average molecular weight is 486 g/mol. The van der Waals surface area contributed by atoms with Crippen molar-refractivity contribution in [2.75, 3.05) is 4.90 Å². The Hall–Kier alpha value is -4.57. The van der Waals surface area contributed by atoms with E-state index in [0.29, 0.717) is 10.5 Å². The van der Waals surface area contributed by atoms with Gasteiger partial charge in [0.05, 0.1) is 28.6 Å². The Morgan fingerprint density at radius 1 is 0.861 bits per heavy atom. The number of anilines is 1. The van der Waals surface area contributed by atoms with E-state index in [1.165, 1.54) is 12.1 Å². The summed E-state index contributed by atoms with van der Waals surface area (Å²) in [6.45, 7) is 0. The molecular weight excluding hydrogens is 471 g/mol. The van der Waals surface area contributed by atoms with Crippen LogP contribution in [0.4, 0.5) is 15.8 Å². The number of rotatable bonds is 3. The number of carbonyl (C=O) groups is 4. The Balaban J connectivity index is 1.54. The molecule has 0 saturated carbocycles. The summed E-state index contributed by atoms with van der Waals surface area (Å²) in [4.78, 5) is 65.8. The van der Waals surface area contributed by atoms with E-state index in [2.05, 4.69) is 0 Å². The van der Waals surface area contributed by atoms with Gasteiger partial charge in [-0.25, -0.2) is 4.90 Å². The molecule has 2 heterocycles. The number of nitrogens with zero attached hydrogens (tertiary/aromatic N) is 2. The third-order valence-corrected chi connectivity index (χ3v) is 7.03. The molecule has 3 aromatic rings. The first-order valence-corrected chi connectivity index (χ1v) is 11.0. The molecule has 6 rings (SSSR count). The van der Waals surface area contributed by atoms with Crippen LogP contribution in [0, 0.1) is 27.8 Å². The zero-order valence-corrected chi connectivity index (χ0v) is 18.3. The minimum Gasteiger partial charge on any atom is -0.349 e. The van der Waals surface area contributed by atoms with Gasteiger partial charge in [0.15, 0.2) is 0 Å². The minimum absolute atomic E-state index is 0.0890. The van der Waals surface area contributed by atoms with Crippen molar-refractivity contribution in [1.82, 2.24) is 0 Å². The van der Waals surface area contributed by atoms with Gasteiger partial charge in [-0.2, -0.15) is 4.39 Å². The van der Waals surface area contributed by atoms with Crippen LogP contribution in [0.2, 0.25) is 0 Å². The SMILES string of the molecule is O=C1[C@H]2[C@H](c3ccccc3)OC3(C(=O)c4ccccc4C3=O)[C@H]2C(=O)N1c1ccc(F)c([N+](=O)[O-])c1. The summed E-state index contributed by atoms with van der Waals surface area (Å²) in [6.07, 6.45) is -1.12. The van der Waals surface area contributed by atoms with Gasteiger partial charge in [-0.05, 0) is 17.7 Å². The molecule has 0 N–H and O–H groups in total. The summed E-state index contributed by atoms with van der Waals surface area (Å²) >= 11 is 0. The van der Waals surface area contributed by atoms with Crippen molar-refractivity contribution in [3.63, 3.8) is 0 Å². The van der Waals surface area contributed by atoms with E-state index in [1.54, 1.807) is 42.5 Å². The van der Waals surface area contributed by atoms with Crippen LogP contribution < -0.4 is 4.90 Å². The highest BCUT2D eigenvalue weighted by molar-refractivity contribution is 6.37. The van der Waals surface area contributed by atoms with Crippen LogP contribution in [0.3, 0.4) is 0 Å². The molecule has 3 atom stereocenters. The number of carbonyl (C=O) groups excluding carboxylic acids is 4. The van der Waals surface area contributed by atoms with Crippen molar-refractivity contribution in [1.29, 1.82) is 0 Å². The highest BCUT2D eigenvalue weighted by Crippen LogP contribution is 2.57. The molecule has 2 saturated heterocycles. The first-order valence-electron chi connectivity index (χ1n) is 11.0. The van der Waals surface area contributed by atoms with Crippen molar-refractivity contribution < 1.29 is 33.2 Å². The molecular formula is C26H15FN2O7. The molecule has 2 fully saturated rings. The Kier molecular flexibility index (Phi) is 4.55. The smallest absolute Gasteiger partial charge is 0.306 e. The fourth-order valence-corrected chi connectivity index (χ4v) is 5.50. The number of imide groups is 1. The van der Waals surface area contributed by atoms with Crippen molar-refractivity contribution in [3.8, 4) is 0 Å². The van der Waals surface area contributed by atoms with Crippen molar-refractivity contribution in [2.45, 2.75) is 11.7 Å². The van der Waals surface area contributed by atoms with Gasteiger partial charge in [0, 0.05) is 17.2 Å². The number of hydrogen-bond donors (Lipinski definition) is 0. The number of benzene rings is 3. The molecule has 3 aromatic carbocycles. The summed E-state index contributed by atoms with van der Waals surface area (Å²) in [5, 5.41) is 11.3. The molecule has 0 unspecified atom stereocenters. The van der Waals surface area contributed by atoms with Gasteiger partial charge in [-0.3, -0.25) is 29.3 Å². The van der Waals surface area contributed by atoms with Gasteiger partial charge >= 0.3 is 5.69 Å². The molecule has 2 aliphatic heterocycles. The number of Topliss-reactive ketones (excluding diaryl/α,β-unsaturated/α-hetero) is 2. The number of ketones is 2. The number of hydrogen-bond acceptors (Lipinski definition) is 7. The lowest BCUT2D eigenvalue weighted by Gasteiger charge is -2.27. The monoisotopic (exact) mass is 486 g/mol. The molecule has 1 spiro atoms. The van der Waals surface area contributed by atoms with Gasteiger partial charge in [0.1, 0.15) is 0 Å². The lowest BCUT2D eigenvalue weighted by atomic mass is 9.77. The van der Waals surface area contributed by atoms with Crippen LogP contribution in [0.5, 0.6) is 0 Å². The normalized spacial score (nSPS) is 23.9. The summed E-state index contributed by atoms with van der Waals surface area (Å²) in [5.41, 5.74) is -2.75. The van der Waals surface area contributed by atoms with Gasteiger partial charge in [0.25, 0.3) is 0 Å². The molecule has 36 heavy (non-hydrogen) atoms.